The number of aryl methyl sites for hydroxylation is 2. The summed E-state index contributed by atoms with van der Waals surface area (Å²) in [6.45, 7) is 4.68. The van der Waals surface area contributed by atoms with Crippen LogP contribution in [-0.4, -0.2) is 12.0 Å². The van der Waals surface area contributed by atoms with Gasteiger partial charge in [0.15, 0.2) is 0 Å². The predicted molar refractivity (Wildman–Crippen MR) is 78.7 cm³/mol. The second-order valence-corrected chi connectivity index (χ2v) is 4.42. The molecule has 0 amide bonds. The maximum atomic E-state index is 5.91. The zero-order valence-electron chi connectivity index (χ0n) is 11.7. The van der Waals surface area contributed by atoms with E-state index < -0.39 is 0 Å². The molecule has 1 aromatic carbocycles. The van der Waals surface area contributed by atoms with Crippen LogP contribution in [0, 0.1) is 6.92 Å². The van der Waals surface area contributed by atoms with Gasteiger partial charge in [0.1, 0.15) is 12.4 Å². The van der Waals surface area contributed by atoms with Gasteiger partial charge in [0, 0.05) is 24.5 Å². The number of hydrogen-bond donors (Lipinski definition) is 1. The maximum absolute atomic E-state index is 5.91. The molecule has 0 saturated heterocycles. The Kier molecular flexibility index (Phi) is 4.39. The molecular weight excluding hydrogens is 236 g/mol. The Morgan fingerprint density at radius 2 is 2.05 bits per heavy atom. The topological polar surface area (TPSA) is 34.1 Å². The number of nitrogens with zero attached hydrogens (tertiary/aromatic N) is 1. The van der Waals surface area contributed by atoms with E-state index in [1.807, 2.05) is 26.1 Å². The highest BCUT2D eigenvalue weighted by Gasteiger charge is 2.08. The predicted octanol–water partition coefficient (Wildman–Crippen LogP) is 3.57. The second kappa shape index (κ2) is 6.23. The molecule has 0 radical (unpaired) electrons. The Hall–Kier alpha value is -2.03. The lowest BCUT2D eigenvalue weighted by molar-refractivity contribution is 0.302. The molecule has 1 N–H and O–H groups in total. The van der Waals surface area contributed by atoms with Crippen molar-refractivity contribution in [1.82, 2.24) is 4.98 Å². The van der Waals surface area contributed by atoms with Crippen molar-refractivity contribution in [3.8, 4) is 5.75 Å². The van der Waals surface area contributed by atoms with Crippen molar-refractivity contribution in [3.63, 3.8) is 0 Å². The molecular formula is C16H20N2O. The summed E-state index contributed by atoms with van der Waals surface area (Å²) >= 11 is 0. The molecule has 1 heterocycles. The van der Waals surface area contributed by atoms with Gasteiger partial charge in [-0.05, 0) is 37.1 Å². The van der Waals surface area contributed by atoms with Crippen molar-refractivity contribution in [2.75, 3.05) is 12.4 Å². The van der Waals surface area contributed by atoms with Crippen LogP contribution in [0.2, 0.25) is 0 Å². The first-order valence-corrected chi connectivity index (χ1v) is 6.59. The summed E-state index contributed by atoms with van der Waals surface area (Å²) in [5.41, 5.74) is 4.58. The van der Waals surface area contributed by atoms with E-state index in [1.54, 1.807) is 6.20 Å². The number of ether oxygens (including phenoxy) is 1. The van der Waals surface area contributed by atoms with Gasteiger partial charge in [-0.2, -0.15) is 0 Å². The second-order valence-electron chi connectivity index (χ2n) is 4.42. The van der Waals surface area contributed by atoms with Gasteiger partial charge in [-0.25, -0.2) is 0 Å². The van der Waals surface area contributed by atoms with Gasteiger partial charge in [0.25, 0.3) is 0 Å². The van der Waals surface area contributed by atoms with E-state index in [4.69, 9.17) is 4.74 Å². The van der Waals surface area contributed by atoms with Crippen LogP contribution in [0.1, 0.15) is 23.7 Å². The van der Waals surface area contributed by atoms with Crippen molar-refractivity contribution >= 4 is 5.69 Å². The first kappa shape index (κ1) is 13.4. The average molecular weight is 256 g/mol. The molecule has 3 heteroatoms. The van der Waals surface area contributed by atoms with Crippen molar-refractivity contribution in [2.24, 2.45) is 0 Å². The van der Waals surface area contributed by atoms with Gasteiger partial charge < -0.3 is 10.1 Å². The van der Waals surface area contributed by atoms with Crippen molar-refractivity contribution in [3.05, 3.63) is 53.3 Å². The summed E-state index contributed by atoms with van der Waals surface area (Å²) in [7, 11) is 1.94. The molecule has 0 unspecified atom stereocenters. The highest BCUT2D eigenvalue weighted by Crippen LogP contribution is 2.23. The van der Waals surface area contributed by atoms with E-state index in [0.717, 1.165) is 23.6 Å². The fraction of sp³-hybridized carbons (Fsp3) is 0.312. The van der Waals surface area contributed by atoms with Crippen LogP contribution in [-0.2, 0) is 13.0 Å². The molecule has 19 heavy (non-hydrogen) atoms. The van der Waals surface area contributed by atoms with Gasteiger partial charge in [-0.3, -0.25) is 4.98 Å². The van der Waals surface area contributed by atoms with Crippen LogP contribution in [0.4, 0.5) is 5.69 Å². The van der Waals surface area contributed by atoms with Crippen LogP contribution in [0.3, 0.4) is 0 Å². The molecule has 1 aromatic heterocycles. The Morgan fingerprint density at radius 1 is 1.21 bits per heavy atom. The van der Waals surface area contributed by atoms with E-state index in [0.29, 0.717) is 6.61 Å². The van der Waals surface area contributed by atoms with E-state index in [1.165, 1.54) is 11.1 Å². The summed E-state index contributed by atoms with van der Waals surface area (Å²) < 4.78 is 5.91. The zero-order chi connectivity index (χ0) is 13.7. The lowest BCUT2D eigenvalue weighted by Gasteiger charge is -2.15. The smallest absolute Gasteiger partial charge is 0.141 e. The largest absolute Gasteiger partial charge is 0.487 e. The third-order valence-corrected chi connectivity index (χ3v) is 3.25. The fourth-order valence-corrected chi connectivity index (χ4v) is 2.14. The quantitative estimate of drug-likeness (QED) is 0.888. The number of pyridine rings is 1. The highest BCUT2D eigenvalue weighted by molar-refractivity contribution is 5.54. The molecule has 0 fully saturated rings. The maximum Gasteiger partial charge on any atom is 0.141 e. The number of aromatic nitrogens is 1. The van der Waals surface area contributed by atoms with E-state index in [-0.39, 0.29) is 0 Å². The van der Waals surface area contributed by atoms with Gasteiger partial charge in [-0.1, -0.05) is 19.1 Å². The number of rotatable bonds is 5. The first-order valence-electron chi connectivity index (χ1n) is 6.59. The molecule has 2 aromatic rings. The SMILES string of the molecule is CCc1cccc(NC)c1COc1cccnc1C. The molecule has 100 valence electrons. The van der Waals surface area contributed by atoms with Gasteiger partial charge in [-0.15, -0.1) is 0 Å². The summed E-state index contributed by atoms with van der Waals surface area (Å²) in [6, 6.07) is 10.1. The third kappa shape index (κ3) is 3.05. The zero-order valence-corrected chi connectivity index (χ0v) is 11.7. The Balaban J connectivity index is 2.21. The average Bonchev–Trinajstić information content (AvgIpc) is 2.46. The molecule has 0 aliphatic rings. The molecule has 0 saturated carbocycles. The fourth-order valence-electron chi connectivity index (χ4n) is 2.14. The highest BCUT2D eigenvalue weighted by atomic mass is 16.5. The molecule has 2 rings (SSSR count). The molecule has 0 aliphatic heterocycles. The summed E-state index contributed by atoms with van der Waals surface area (Å²) in [5, 5.41) is 3.23. The van der Waals surface area contributed by atoms with Gasteiger partial charge >= 0.3 is 0 Å². The third-order valence-electron chi connectivity index (χ3n) is 3.25. The number of benzene rings is 1. The minimum atomic E-state index is 0.562. The van der Waals surface area contributed by atoms with Crippen molar-refractivity contribution in [2.45, 2.75) is 26.9 Å². The van der Waals surface area contributed by atoms with E-state index >= 15 is 0 Å². The van der Waals surface area contributed by atoms with Crippen LogP contribution in [0.5, 0.6) is 5.75 Å². The summed E-state index contributed by atoms with van der Waals surface area (Å²) in [5.74, 6) is 0.843. The van der Waals surface area contributed by atoms with Crippen molar-refractivity contribution in [1.29, 1.82) is 0 Å². The van der Waals surface area contributed by atoms with Crippen LogP contribution in [0.15, 0.2) is 36.5 Å². The van der Waals surface area contributed by atoms with E-state index in [2.05, 4.69) is 35.4 Å². The van der Waals surface area contributed by atoms with E-state index in [9.17, 15) is 0 Å². The standard InChI is InChI=1S/C16H20N2O/c1-4-13-7-5-8-15(17-3)14(13)11-19-16-9-6-10-18-12(16)2/h5-10,17H,4,11H2,1-3H3. The Labute approximate surface area is 114 Å². The Morgan fingerprint density at radius 3 is 2.74 bits per heavy atom. The first-order chi connectivity index (χ1) is 9.26. The minimum Gasteiger partial charge on any atom is -0.487 e. The summed E-state index contributed by atoms with van der Waals surface area (Å²) in [4.78, 5) is 4.24. The molecule has 0 spiro atoms. The van der Waals surface area contributed by atoms with Gasteiger partial charge in [0.2, 0.25) is 0 Å². The van der Waals surface area contributed by atoms with Crippen LogP contribution < -0.4 is 10.1 Å². The van der Waals surface area contributed by atoms with Crippen LogP contribution in [0.25, 0.3) is 0 Å². The van der Waals surface area contributed by atoms with Gasteiger partial charge in [0.05, 0.1) is 5.69 Å². The minimum absolute atomic E-state index is 0.562. The number of anilines is 1. The normalized spacial score (nSPS) is 10.3. The monoisotopic (exact) mass is 256 g/mol. The molecule has 0 atom stereocenters. The van der Waals surface area contributed by atoms with Crippen molar-refractivity contribution < 1.29 is 4.74 Å². The van der Waals surface area contributed by atoms with Crippen LogP contribution >= 0.6 is 0 Å². The lowest BCUT2D eigenvalue weighted by atomic mass is 10.0. The summed E-state index contributed by atoms with van der Waals surface area (Å²) in [6.07, 6.45) is 2.78. The molecule has 3 nitrogen and oxygen atoms in total. The number of nitrogens with one attached hydrogen (secondary N) is 1. The molecule has 0 bridgehead atoms. The number of hydrogen-bond acceptors (Lipinski definition) is 3. The molecule has 0 aliphatic carbocycles. The lowest BCUT2D eigenvalue weighted by Crippen LogP contribution is -2.05. The Bertz CT molecular complexity index is 530.